The van der Waals surface area contributed by atoms with Crippen LogP contribution in [0.25, 0.3) is 5.69 Å². The second kappa shape index (κ2) is 7.78. The molecule has 2 aromatic rings. The summed E-state index contributed by atoms with van der Waals surface area (Å²) in [6, 6.07) is 5.21. The number of alkyl carbamates (subject to hydrolysis) is 1. The van der Waals surface area contributed by atoms with Gasteiger partial charge in [-0.05, 0) is 37.5 Å². The molecule has 2 amide bonds. The van der Waals surface area contributed by atoms with Gasteiger partial charge in [-0.2, -0.15) is 5.10 Å². The van der Waals surface area contributed by atoms with Crippen molar-refractivity contribution in [1.82, 2.24) is 25.0 Å². The van der Waals surface area contributed by atoms with Gasteiger partial charge < -0.3 is 15.0 Å². The van der Waals surface area contributed by atoms with E-state index in [9.17, 15) is 9.59 Å². The Morgan fingerprint density at radius 1 is 1.36 bits per heavy atom. The van der Waals surface area contributed by atoms with Gasteiger partial charge in [-0.3, -0.25) is 9.78 Å². The molecule has 0 radical (unpaired) electrons. The third-order valence-electron chi connectivity index (χ3n) is 4.23. The van der Waals surface area contributed by atoms with Crippen molar-refractivity contribution in [2.24, 2.45) is 0 Å². The van der Waals surface area contributed by atoms with Gasteiger partial charge in [0, 0.05) is 32.2 Å². The van der Waals surface area contributed by atoms with E-state index in [4.69, 9.17) is 4.74 Å². The molecular weight excluding hydrogens is 322 g/mol. The lowest BCUT2D eigenvalue weighted by molar-refractivity contribution is 0.0447. The molecule has 1 aliphatic heterocycles. The fraction of sp³-hybridized carbons (Fsp3) is 0.412. The Kier molecular flexibility index (Phi) is 5.27. The molecule has 1 aliphatic rings. The molecule has 3 rings (SSSR count). The maximum Gasteiger partial charge on any atom is 0.406 e. The molecule has 0 aliphatic carbocycles. The summed E-state index contributed by atoms with van der Waals surface area (Å²) in [6.07, 6.45) is 7.35. The van der Waals surface area contributed by atoms with Gasteiger partial charge in [-0.15, -0.1) is 0 Å². The Bertz CT molecular complexity index is 732. The minimum atomic E-state index is -0.489. The fourth-order valence-corrected chi connectivity index (χ4v) is 2.93. The van der Waals surface area contributed by atoms with Gasteiger partial charge in [0.25, 0.3) is 5.91 Å². The van der Waals surface area contributed by atoms with Crippen LogP contribution >= 0.6 is 0 Å². The molecule has 1 atom stereocenters. The van der Waals surface area contributed by atoms with E-state index in [0.717, 1.165) is 24.9 Å². The van der Waals surface area contributed by atoms with Crippen LogP contribution in [0.2, 0.25) is 0 Å². The first-order valence-corrected chi connectivity index (χ1v) is 8.30. The van der Waals surface area contributed by atoms with Crippen molar-refractivity contribution < 1.29 is 14.3 Å². The van der Waals surface area contributed by atoms with Gasteiger partial charge in [0.2, 0.25) is 0 Å². The van der Waals surface area contributed by atoms with Gasteiger partial charge in [0.15, 0.2) is 0 Å². The second-order valence-corrected chi connectivity index (χ2v) is 5.85. The molecule has 1 N–H and O–H groups in total. The zero-order valence-electron chi connectivity index (χ0n) is 14.1. The van der Waals surface area contributed by atoms with Crippen LogP contribution in [0, 0.1) is 0 Å². The summed E-state index contributed by atoms with van der Waals surface area (Å²) in [6.45, 7) is 0.818. The number of nitrogens with one attached hydrogen (secondary N) is 1. The summed E-state index contributed by atoms with van der Waals surface area (Å²) in [7, 11) is 1.51. The Morgan fingerprint density at radius 3 is 3.00 bits per heavy atom. The molecule has 3 heterocycles. The zero-order chi connectivity index (χ0) is 17.6. The monoisotopic (exact) mass is 343 g/mol. The van der Waals surface area contributed by atoms with Gasteiger partial charge in [0.05, 0.1) is 11.7 Å². The molecule has 2 aromatic heterocycles. The standard InChI is InChI=1S/C17H21N5O3/c1-18-17(24)25-12-14-5-2-3-9-21(14)16(23)15-11-13(6-8-19-15)22-10-4-7-20-22/h4,6-8,10-11,14H,2-3,5,9,12H2,1H3,(H,18,24). The molecule has 0 spiro atoms. The van der Waals surface area contributed by atoms with Crippen LogP contribution in [-0.4, -0.2) is 57.9 Å². The zero-order valence-corrected chi connectivity index (χ0v) is 14.1. The van der Waals surface area contributed by atoms with E-state index >= 15 is 0 Å². The molecule has 1 saturated heterocycles. The first-order valence-electron chi connectivity index (χ1n) is 8.30. The number of carbonyl (C=O) groups excluding carboxylic acids is 2. The second-order valence-electron chi connectivity index (χ2n) is 5.85. The maximum absolute atomic E-state index is 12.9. The average molecular weight is 343 g/mol. The molecule has 25 heavy (non-hydrogen) atoms. The summed E-state index contributed by atoms with van der Waals surface area (Å²) in [5.74, 6) is -0.154. The first kappa shape index (κ1) is 16.9. The van der Waals surface area contributed by atoms with Crippen LogP contribution in [0.3, 0.4) is 0 Å². The predicted molar refractivity (Wildman–Crippen MR) is 90.4 cm³/mol. The number of rotatable bonds is 4. The number of ether oxygens (including phenoxy) is 1. The molecule has 1 fully saturated rings. The van der Waals surface area contributed by atoms with E-state index < -0.39 is 6.09 Å². The lowest BCUT2D eigenvalue weighted by Gasteiger charge is -2.35. The SMILES string of the molecule is CNC(=O)OCC1CCCCN1C(=O)c1cc(-n2cccn2)ccn1. The molecule has 8 nitrogen and oxygen atoms in total. The minimum Gasteiger partial charge on any atom is -0.447 e. The van der Waals surface area contributed by atoms with Gasteiger partial charge in [-0.25, -0.2) is 9.48 Å². The molecule has 0 aromatic carbocycles. The number of piperidine rings is 1. The number of carbonyl (C=O) groups is 2. The average Bonchev–Trinajstić information content (AvgIpc) is 3.20. The highest BCUT2D eigenvalue weighted by atomic mass is 16.5. The van der Waals surface area contributed by atoms with Crippen LogP contribution in [0.4, 0.5) is 4.79 Å². The quantitative estimate of drug-likeness (QED) is 0.911. The third-order valence-corrected chi connectivity index (χ3v) is 4.23. The fourth-order valence-electron chi connectivity index (χ4n) is 2.93. The lowest BCUT2D eigenvalue weighted by Crippen LogP contribution is -2.47. The van der Waals surface area contributed by atoms with Crippen LogP contribution in [-0.2, 0) is 4.74 Å². The number of aromatic nitrogens is 3. The largest absolute Gasteiger partial charge is 0.447 e. The van der Waals surface area contributed by atoms with Gasteiger partial charge >= 0.3 is 6.09 Å². The van der Waals surface area contributed by atoms with E-state index in [1.165, 1.54) is 7.05 Å². The number of amides is 2. The lowest BCUT2D eigenvalue weighted by atomic mass is 10.0. The Labute approximate surface area is 145 Å². The van der Waals surface area contributed by atoms with Crippen molar-refractivity contribution in [3.05, 3.63) is 42.5 Å². The smallest absolute Gasteiger partial charge is 0.406 e. The van der Waals surface area contributed by atoms with E-state index in [2.05, 4.69) is 15.4 Å². The molecule has 8 heteroatoms. The molecule has 1 unspecified atom stereocenters. The first-order chi connectivity index (χ1) is 12.2. The van der Waals surface area contributed by atoms with Crippen molar-refractivity contribution in [3.8, 4) is 5.69 Å². The van der Waals surface area contributed by atoms with E-state index in [-0.39, 0.29) is 18.6 Å². The molecular formula is C17H21N5O3. The summed E-state index contributed by atoms with van der Waals surface area (Å²) in [4.78, 5) is 30.2. The molecule has 0 saturated carbocycles. The van der Waals surface area contributed by atoms with Crippen LogP contribution in [0.5, 0.6) is 0 Å². The van der Waals surface area contributed by atoms with Crippen LogP contribution in [0.15, 0.2) is 36.8 Å². The minimum absolute atomic E-state index is 0.131. The number of nitrogens with zero attached hydrogens (tertiary/aromatic N) is 4. The summed E-state index contributed by atoms with van der Waals surface area (Å²) in [5, 5.41) is 6.59. The summed E-state index contributed by atoms with van der Waals surface area (Å²) >= 11 is 0. The molecule has 0 bridgehead atoms. The molecule has 132 valence electrons. The topological polar surface area (TPSA) is 89.4 Å². The van der Waals surface area contributed by atoms with Crippen molar-refractivity contribution >= 4 is 12.0 Å². The highest BCUT2D eigenvalue weighted by Crippen LogP contribution is 2.20. The van der Waals surface area contributed by atoms with E-state index in [0.29, 0.717) is 12.2 Å². The van der Waals surface area contributed by atoms with Gasteiger partial charge in [-0.1, -0.05) is 0 Å². The summed E-state index contributed by atoms with van der Waals surface area (Å²) in [5.41, 5.74) is 1.14. The summed E-state index contributed by atoms with van der Waals surface area (Å²) < 4.78 is 6.83. The van der Waals surface area contributed by atoms with Crippen molar-refractivity contribution in [1.29, 1.82) is 0 Å². The Balaban J connectivity index is 1.76. The third kappa shape index (κ3) is 3.96. The Hall–Kier alpha value is -2.90. The van der Waals surface area contributed by atoms with E-state index in [1.54, 1.807) is 34.1 Å². The number of likely N-dealkylation sites (tertiary alicyclic amines) is 1. The predicted octanol–water partition coefficient (Wildman–Crippen LogP) is 1.62. The van der Waals surface area contributed by atoms with Gasteiger partial charge in [0.1, 0.15) is 12.3 Å². The highest BCUT2D eigenvalue weighted by Gasteiger charge is 2.29. The maximum atomic E-state index is 12.9. The highest BCUT2D eigenvalue weighted by molar-refractivity contribution is 5.93. The van der Waals surface area contributed by atoms with Crippen LogP contribution in [0.1, 0.15) is 29.8 Å². The number of hydrogen-bond donors (Lipinski definition) is 1. The van der Waals surface area contributed by atoms with Crippen molar-refractivity contribution in [2.75, 3.05) is 20.2 Å². The Morgan fingerprint density at radius 2 is 2.24 bits per heavy atom. The van der Waals surface area contributed by atoms with Crippen molar-refractivity contribution in [3.63, 3.8) is 0 Å². The number of hydrogen-bond acceptors (Lipinski definition) is 5. The van der Waals surface area contributed by atoms with Crippen LogP contribution < -0.4 is 5.32 Å². The normalized spacial score (nSPS) is 17.2. The van der Waals surface area contributed by atoms with E-state index in [1.807, 2.05) is 12.3 Å². The number of pyridine rings is 1. The van der Waals surface area contributed by atoms with Crippen molar-refractivity contribution in [2.45, 2.75) is 25.3 Å².